The third kappa shape index (κ3) is 3.70. The average molecular weight is 318 g/mol. The topological polar surface area (TPSA) is 38.3 Å². The van der Waals surface area contributed by atoms with Crippen LogP contribution in [0.2, 0.25) is 0 Å². The van der Waals surface area contributed by atoms with Crippen molar-refractivity contribution in [2.75, 3.05) is 13.2 Å². The Bertz CT molecular complexity index is 277. The summed E-state index contributed by atoms with van der Waals surface area (Å²) in [5, 5.41) is 3.14. The third-order valence-corrected chi connectivity index (χ3v) is 5.21. The van der Waals surface area contributed by atoms with Crippen molar-refractivity contribution in [1.29, 1.82) is 0 Å². The van der Waals surface area contributed by atoms with Crippen LogP contribution in [0.5, 0.6) is 0 Å². The molecule has 4 heteroatoms. The minimum atomic E-state index is 0.0857. The zero-order valence-corrected chi connectivity index (χ0v) is 12.7. The van der Waals surface area contributed by atoms with Crippen molar-refractivity contribution in [2.24, 2.45) is 11.8 Å². The Morgan fingerprint density at radius 1 is 1.28 bits per heavy atom. The van der Waals surface area contributed by atoms with E-state index in [1.165, 1.54) is 25.7 Å². The van der Waals surface area contributed by atoms with Gasteiger partial charge in [-0.2, -0.15) is 0 Å². The molecule has 18 heavy (non-hydrogen) atoms. The second-order valence-electron chi connectivity index (χ2n) is 5.58. The fraction of sp³-hybridized carbons (Fsp3) is 0.929. The maximum Gasteiger partial charge on any atom is 0.225 e. The lowest BCUT2D eigenvalue weighted by atomic mass is 9.89. The van der Waals surface area contributed by atoms with Gasteiger partial charge in [0, 0.05) is 18.0 Å². The van der Waals surface area contributed by atoms with Gasteiger partial charge in [-0.25, -0.2) is 0 Å². The van der Waals surface area contributed by atoms with Crippen molar-refractivity contribution in [3.05, 3.63) is 0 Å². The number of alkyl halides is 1. The standard InChI is InChI=1S/C14H24BrNO2/c1-2-13-12(7-8-18-13)14(17)16-9-10-3-5-11(15)6-4-10/h10-13H,2-9H2,1H3,(H,16,17). The lowest BCUT2D eigenvalue weighted by Crippen LogP contribution is -2.38. The van der Waals surface area contributed by atoms with Gasteiger partial charge in [0.2, 0.25) is 5.91 Å². The molecule has 0 radical (unpaired) electrons. The lowest BCUT2D eigenvalue weighted by molar-refractivity contribution is -0.126. The Hall–Kier alpha value is -0.0900. The number of hydrogen-bond acceptors (Lipinski definition) is 2. The molecule has 1 amide bonds. The van der Waals surface area contributed by atoms with E-state index < -0.39 is 0 Å². The molecule has 1 aliphatic heterocycles. The van der Waals surface area contributed by atoms with Crippen LogP contribution in [0.3, 0.4) is 0 Å². The molecule has 2 fully saturated rings. The summed E-state index contributed by atoms with van der Waals surface area (Å²) in [7, 11) is 0. The fourth-order valence-corrected chi connectivity index (χ4v) is 3.58. The van der Waals surface area contributed by atoms with Gasteiger partial charge in [0.05, 0.1) is 12.0 Å². The van der Waals surface area contributed by atoms with E-state index in [1.54, 1.807) is 0 Å². The van der Waals surface area contributed by atoms with Crippen LogP contribution in [0.25, 0.3) is 0 Å². The zero-order valence-electron chi connectivity index (χ0n) is 11.2. The molecule has 0 spiro atoms. The molecule has 104 valence electrons. The van der Waals surface area contributed by atoms with Gasteiger partial charge in [0.15, 0.2) is 0 Å². The van der Waals surface area contributed by atoms with E-state index in [2.05, 4.69) is 28.2 Å². The molecular formula is C14H24BrNO2. The minimum absolute atomic E-state index is 0.0857. The van der Waals surface area contributed by atoms with Gasteiger partial charge >= 0.3 is 0 Å². The Morgan fingerprint density at radius 2 is 2.00 bits per heavy atom. The second-order valence-corrected chi connectivity index (χ2v) is 6.87. The van der Waals surface area contributed by atoms with E-state index in [9.17, 15) is 4.79 Å². The first-order valence-corrected chi connectivity index (χ1v) is 8.15. The highest BCUT2D eigenvalue weighted by atomic mass is 79.9. The molecular weight excluding hydrogens is 294 g/mol. The Kier molecular flexibility index (Phi) is 5.49. The molecule has 0 aromatic carbocycles. The van der Waals surface area contributed by atoms with Crippen molar-refractivity contribution in [1.82, 2.24) is 5.32 Å². The van der Waals surface area contributed by atoms with Gasteiger partial charge in [-0.05, 0) is 44.4 Å². The highest BCUT2D eigenvalue weighted by molar-refractivity contribution is 9.09. The number of carbonyl (C=O) groups is 1. The van der Waals surface area contributed by atoms with E-state index in [1.807, 2.05) is 0 Å². The number of carbonyl (C=O) groups excluding carboxylic acids is 1. The van der Waals surface area contributed by atoms with Crippen LogP contribution in [-0.2, 0) is 9.53 Å². The third-order valence-electron chi connectivity index (χ3n) is 4.29. The Balaban J connectivity index is 1.71. The lowest BCUT2D eigenvalue weighted by Gasteiger charge is -2.26. The van der Waals surface area contributed by atoms with E-state index >= 15 is 0 Å². The molecule has 1 saturated heterocycles. The first-order chi connectivity index (χ1) is 8.70. The molecule has 0 aromatic rings. The van der Waals surface area contributed by atoms with Crippen LogP contribution in [0, 0.1) is 11.8 Å². The molecule has 1 saturated carbocycles. The van der Waals surface area contributed by atoms with Crippen LogP contribution in [-0.4, -0.2) is 30.0 Å². The Labute approximate surface area is 118 Å². The molecule has 2 aliphatic rings. The number of rotatable bonds is 4. The average Bonchev–Trinajstić information content (AvgIpc) is 2.86. The molecule has 0 bridgehead atoms. The molecule has 2 unspecified atom stereocenters. The van der Waals surface area contributed by atoms with Crippen molar-refractivity contribution < 1.29 is 9.53 Å². The fourth-order valence-electron chi connectivity index (χ4n) is 3.05. The van der Waals surface area contributed by atoms with Gasteiger partial charge in [0.1, 0.15) is 0 Å². The maximum atomic E-state index is 12.1. The van der Waals surface area contributed by atoms with Crippen molar-refractivity contribution in [2.45, 2.75) is 56.4 Å². The molecule has 1 heterocycles. The summed E-state index contributed by atoms with van der Waals surface area (Å²) in [4.78, 5) is 12.8. The predicted octanol–water partition coefficient (Wildman–Crippen LogP) is 2.87. The highest BCUT2D eigenvalue weighted by Crippen LogP contribution is 2.28. The number of halogens is 1. The molecule has 0 aromatic heterocycles. The van der Waals surface area contributed by atoms with E-state index in [0.29, 0.717) is 10.7 Å². The summed E-state index contributed by atoms with van der Waals surface area (Å²) in [6.45, 7) is 3.68. The first kappa shape index (κ1) is 14.3. The summed E-state index contributed by atoms with van der Waals surface area (Å²) < 4.78 is 5.57. The van der Waals surface area contributed by atoms with E-state index in [4.69, 9.17) is 4.74 Å². The van der Waals surface area contributed by atoms with Crippen molar-refractivity contribution >= 4 is 21.8 Å². The van der Waals surface area contributed by atoms with Crippen LogP contribution in [0.15, 0.2) is 0 Å². The summed E-state index contributed by atoms with van der Waals surface area (Å²) in [5.74, 6) is 0.966. The highest BCUT2D eigenvalue weighted by Gasteiger charge is 2.32. The number of hydrogen-bond donors (Lipinski definition) is 1. The van der Waals surface area contributed by atoms with Crippen molar-refractivity contribution in [3.8, 4) is 0 Å². The van der Waals surface area contributed by atoms with Gasteiger partial charge in [0.25, 0.3) is 0 Å². The minimum Gasteiger partial charge on any atom is -0.377 e. The van der Waals surface area contributed by atoms with Gasteiger partial charge in [-0.3, -0.25) is 4.79 Å². The normalized spacial score (nSPS) is 36.6. The molecule has 2 atom stereocenters. The monoisotopic (exact) mass is 317 g/mol. The largest absolute Gasteiger partial charge is 0.377 e. The summed E-state index contributed by atoms with van der Waals surface area (Å²) in [6.07, 6.45) is 6.91. The molecule has 1 N–H and O–H groups in total. The van der Waals surface area contributed by atoms with E-state index in [-0.39, 0.29) is 17.9 Å². The second kappa shape index (κ2) is 6.90. The summed E-state index contributed by atoms with van der Waals surface area (Å²) in [6, 6.07) is 0. The van der Waals surface area contributed by atoms with Crippen LogP contribution >= 0.6 is 15.9 Å². The first-order valence-electron chi connectivity index (χ1n) is 7.24. The summed E-state index contributed by atoms with van der Waals surface area (Å²) >= 11 is 3.66. The predicted molar refractivity (Wildman–Crippen MR) is 75.8 cm³/mol. The van der Waals surface area contributed by atoms with Gasteiger partial charge < -0.3 is 10.1 Å². The Morgan fingerprint density at radius 3 is 2.67 bits per heavy atom. The zero-order chi connectivity index (χ0) is 13.0. The van der Waals surface area contributed by atoms with Gasteiger partial charge in [-0.15, -0.1) is 0 Å². The number of nitrogens with one attached hydrogen (secondary N) is 1. The number of amides is 1. The summed E-state index contributed by atoms with van der Waals surface area (Å²) in [5.41, 5.74) is 0. The molecule has 2 rings (SSSR count). The van der Waals surface area contributed by atoms with Crippen LogP contribution < -0.4 is 5.32 Å². The van der Waals surface area contributed by atoms with Crippen LogP contribution in [0.4, 0.5) is 0 Å². The maximum absolute atomic E-state index is 12.1. The molecule has 3 nitrogen and oxygen atoms in total. The quantitative estimate of drug-likeness (QED) is 0.810. The van der Waals surface area contributed by atoms with Gasteiger partial charge in [-0.1, -0.05) is 22.9 Å². The van der Waals surface area contributed by atoms with Crippen molar-refractivity contribution in [3.63, 3.8) is 0 Å². The SMILES string of the molecule is CCC1OCCC1C(=O)NCC1CCC(Br)CC1. The smallest absolute Gasteiger partial charge is 0.225 e. The number of ether oxygens (including phenoxy) is 1. The molecule has 1 aliphatic carbocycles. The van der Waals surface area contributed by atoms with Crippen LogP contribution in [0.1, 0.15) is 45.4 Å². The van der Waals surface area contributed by atoms with E-state index in [0.717, 1.165) is 26.0 Å².